The number of hydrogen-bond acceptors (Lipinski definition) is 11. The number of pyridine rings is 2. The Bertz CT molecular complexity index is 1250. The molecule has 1 aliphatic rings. The van der Waals surface area contributed by atoms with Gasteiger partial charge in [0.25, 0.3) is 5.76 Å². The van der Waals surface area contributed by atoms with Gasteiger partial charge in [-0.05, 0) is 30.7 Å². The van der Waals surface area contributed by atoms with Crippen LogP contribution >= 0.6 is 0 Å². The van der Waals surface area contributed by atoms with Crippen LogP contribution in [0.4, 0.5) is 0 Å². The highest BCUT2D eigenvalue weighted by molar-refractivity contribution is 5.98. The second kappa shape index (κ2) is 20.0. The molecule has 1 aliphatic heterocycles. The number of unbranched alkanes of at least 4 members (excludes halogenated alkanes) is 12. The van der Waals surface area contributed by atoms with Crippen LogP contribution in [-0.4, -0.2) is 57.8 Å². The molecule has 1 N–H and O–H groups in total. The Morgan fingerprint density at radius 1 is 0.800 bits per heavy atom. The summed E-state index contributed by atoms with van der Waals surface area (Å²) in [7, 11) is 0. The molecule has 0 bridgehead atoms. The lowest BCUT2D eigenvalue weighted by Crippen LogP contribution is -2.35. The number of aliphatic hydroxyl groups excluding tert-OH is 1. The van der Waals surface area contributed by atoms with Crippen molar-refractivity contribution in [2.24, 2.45) is 0 Å². The summed E-state index contributed by atoms with van der Waals surface area (Å²) in [5.74, 6) is -4.76. The molecule has 0 amide bonds. The van der Waals surface area contributed by atoms with Crippen LogP contribution in [0.5, 0.6) is 0 Å². The molecule has 0 saturated carbocycles. The van der Waals surface area contributed by atoms with Crippen LogP contribution < -0.4 is 0 Å². The molecule has 0 aromatic carbocycles. The van der Waals surface area contributed by atoms with E-state index >= 15 is 0 Å². The Kier molecular flexibility index (Phi) is 15.7. The lowest BCUT2D eigenvalue weighted by atomic mass is 10.0. The normalized spacial score (nSPS) is 15.0. The molecular formula is C34H44N2O9. The van der Waals surface area contributed by atoms with Crippen LogP contribution in [0.25, 0.3) is 0 Å². The smallest absolute Gasteiger partial charge is 0.379 e. The van der Waals surface area contributed by atoms with E-state index in [1.54, 1.807) is 0 Å². The first kappa shape index (κ1) is 35.4. The van der Waals surface area contributed by atoms with Crippen LogP contribution in [0.2, 0.25) is 0 Å². The Balaban J connectivity index is 1.45. The van der Waals surface area contributed by atoms with Crippen LogP contribution in [0.15, 0.2) is 60.6 Å². The van der Waals surface area contributed by atoms with Gasteiger partial charge in [-0.15, -0.1) is 0 Å². The maximum absolute atomic E-state index is 12.8. The minimum absolute atomic E-state index is 0.0295. The lowest BCUT2D eigenvalue weighted by Gasteiger charge is -2.19. The van der Waals surface area contributed by atoms with E-state index in [0.717, 1.165) is 19.3 Å². The average molecular weight is 625 g/mol. The summed E-state index contributed by atoms with van der Waals surface area (Å²) < 4.78 is 21.0. The third-order valence-electron chi connectivity index (χ3n) is 7.34. The molecule has 11 nitrogen and oxygen atoms in total. The molecule has 11 heteroatoms. The lowest BCUT2D eigenvalue weighted by molar-refractivity contribution is -0.154. The largest absolute Gasteiger partial charge is 0.463 e. The van der Waals surface area contributed by atoms with Gasteiger partial charge >= 0.3 is 23.9 Å². The van der Waals surface area contributed by atoms with Crippen LogP contribution in [-0.2, 0) is 28.5 Å². The highest BCUT2D eigenvalue weighted by atomic mass is 16.6. The maximum Gasteiger partial charge on any atom is 0.379 e. The van der Waals surface area contributed by atoms with Crippen molar-refractivity contribution in [1.82, 2.24) is 9.97 Å². The van der Waals surface area contributed by atoms with E-state index in [1.807, 2.05) is 0 Å². The molecule has 2 aromatic rings. The molecule has 0 radical (unpaired) electrons. The minimum atomic E-state index is -1.60. The van der Waals surface area contributed by atoms with Gasteiger partial charge in [0.2, 0.25) is 5.76 Å². The van der Waals surface area contributed by atoms with Gasteiger partial charge in [0.1, 0.15) is 12.7 Å². The van der Waals surface area contributed by atoms with Crippen molar-refractivity contribution in [3.8, 4) is 0 Å². The number of hydrogen-bond donors (Lipinski definition) is 1. The van der Waals surface area contributed by atoms with Crippen molar-refractivity contribution in [3.05, 3.63) is 71.7 Å². The van der Waals surface area contributed by atoms with Gasteiger partial charge in [0.15, 0.2) is 6.10 Å². The molecule has 0 spiro atoms. The minimum Gasteiger partial charge on any atom is -0.463 e. The maximum atomic E-state index is 12.8. The van der Waals surface area contributed by atoms with E-state index in [0.29, 0.717) is 6.42 Å². The van der Waals surface area contributed by atoms with Gasteiger partial charge in [0, 0.05) is 31.2 Å². The first-order chi connectivity index (χ1) is 21.9. The van der Waals surface area contributed by atoms with Gasteiger partial charge in [-0.1, -0.05) is 84.0 Å². The zero-order chi connectivity index (χ0) is 32.3. The van der Waals surface area contributed by atoms with Crippen LogP contribution in [0, 0.1) is 0 Å². The number of esters is 4. The number of carbonyl (C=O) groups is 4. The number of ether oxygens (including phenoxy) is 4. The first-order valence-corrected chi connectivity index (χ1v) is 15.9. The summed E-state index contributed by atoms with van der Waals surface area (Å²) in [6.45, 7) is 1.70. The summed E-state index contributed by atoms with van der Waals surface area (Å²) in [6, 6.07) is 5.85. The SMILES string of the molecule is CCCCCCCCCCCCCCCC(=O)OC[C@@H](O)[C@@H]1OC(=O)C(OC(=O)c2cccnc2)=C1OC(=O)c1cccnc1. The van der Waals surface area contributed by atoms with Gasteiger partial charge in [-0.3, -0.25) is 14.8 Å². The Labute approximate surface area is 264 Å². The highest BCUT2D eigenvalue weighted by Crippen LogP contribution is 2.29. The zero-order valence-electron chi connectivity index (χ0n) is 26.0. The molecule has 0 aliphatic carbocycles. The number of cyclic esters (lactones) is 1. The van der Waals surface area contributed by atoms with Gasteiger partial charge < -0.3 is 24.1 Å². The van der Waals surface area contributed by atoms with E-state index in [-0.39, 0.29) is 17.5 Å². The third kappa shape index (κ3) is 12.4. The molecule has 0 saturated heterocycles. The quantitative estimate of drug-likeness (QED) is 0.0987. The topological polar surface area (TPSA) is 151 Å². The predicted octanol–water partition coefficient (Wildman–Crippen LogP) is 6.01. The standard InChI is InChI=1S/C34H44N2O9/c1-2-3-4-5-6-7-8-9-10-11-12-13-14-19-28(38)42-24-27(37)29-30(44-32(39)25-17-15-20-35-22-25)31(34(41)43-29)45-33(40)26-18-16-21-36-23-26/h15-18,20-23,27,29,37H,2-14,19,24H2,1H3/t27-,29+/m1/s1. The van der Waals surface area contributed by atoms with Crippen molar-refractivity contribution in [1.29, 1.82) is 0 Å². The number of rotatable bonds is 21. The Morgan fingerprint density at radius 2 is 1.31 bits per heavy atom. The van der Waals surface area contributed by atoms with Gasteiger partial charge in [0.05, 0.1) is 11.1 Å². The zero-order valence-corrected chi connectivity index (χ0v) is 26.0. The van der Waals surface area contributed by atoms with E-state index in [4.69, 9.17) is 18.9 Å². The molecular weight excluding hydrogens is 580 g/mol. The molecule has 45 heavy (non-hydrogen) atoms. The van der Waals surface area contributed by atoms with E-state index in [9.17, 15) is 24.3 Å². The van der Waals surface area contributed by atoms with E-state index in [2.05, 4.69) is 16.9 Å². The molecule has 244 valence electrons. The summed E-state index contributed by atoms with van der Waals surface area (Å²) >= 11 is 0. The van der Waals surface area contributed by atoms with Gasteiger partial charge in [-0.2, -0.15) is 0 Å². The second-order valence-electron chi connectivity index (χ2n) is 11.0. The molecule has 3 rings (SSSR count). The summed E-state index contributed by atoms with van der Waals surface area (Å²) in [4.78, 5) is 58.1. The molecule has 0 fully saturated rings. The summed E-state index contributed by atoms with van der Waals surface area (Å²) in [6.07, 6.45) is 17.8. The molecule has 3 heterocycles. The average Bonchev–Trinajstić information content (AvgIpc) is 3.36. The fourth-order valence-corrected chi connectivity index (χ4v) is 4.80. The van der Waals surface area contributed by atoms with Crippen LogP contribution in [0.3, 0.4) is 0 Å². The fraction of sp³-hybridized carbons (Fsp3) is 0.529. The molecule has 2 atom stereocenters. The number of aromatic nitrogens is 2. The number of aliphatic hydroxyl groups is 1. The van der Waals surface area contributed by atoms with Crippen molar-refractivity contribution >= 4 is 23.9 Å². The van der Waals surface area contributed by atoms with Crippen molar-refractivity contribution in [2.75, 3.05) is 6.61 Å². The second-order valence-corrected chi connectivity index (χ2v) is 11.0. The summed E-state index contributed by atoms with van der Waals surface area (Å²) in [5.41, 5.74) is 0.0709. The highest BCUT2D eigenvalue weighted by Gasteiger charge is 2.44. The predicted molar refractivity (Wildman–Crippen MR) is 163 cm³/mol. The third-order valence-corrected chi connectivity index (χ3v) is 7.34. The van der Waals surface area contributed by atoms with Gasteiger partial charge in [-0.25, -0.2) is 14.4 Å². The summed E-state index contributed by atoms with van der Waals surface area (Å²) in [5, 5.41) is 10.8. The van der Waals surface area contributed by atoms with Crippen molar-refractivity contribution in [2.45, 2.75) is 109 Å². The fourth-order valence-electron chi connectivity index (χ4n) is 4.80. The Morgan fingerprint density at radius 3 is 1.82 bits per heavy atom. The molecule has 2 aromatic heterocycles. The van der Waals surface area contributed by atoms with E-state index in [1.165, 1.54) is 107 Å². The van der Waals surface area contributed by atoms with E-state index < -0.39 is 54.2 Å². The number of carbonyl (C=O) groups excluding carboxylic acids is 4. The first-order valence-electron chi connectivity index (χ1n) is 15.9. The number of nitrogens with zero attached hydrogens (tertiary/aromatic N) is 2. The van der Waals surface area contributed by atoms with Crippen molar-refractivity contribution in [3.63, 3.8) is 0 Å². The molecule has 0 unspecified atom stereocenters. The van der Waals surface area contributed by atoms with Crippen LogP contribution in [0.1, 0.15) is 118 Å². The monoisotopic (exact) mass is 624 g/mol. The Hall–Kier alpha value is -4.12. The van der Waals surface area contributed by atoms with Crippen molar-refractivity contribution < 1.29 is 43.2 Å².